The number of benzene rings is 4. The first-order valence-corrected chi connectivity index (χ1v) is 14.5. The summed E-state index contributed by atoms with van der Waals surface area (Å²) < 4.78 is 79.4. The summed E-state index contributed by atoms with van der Waals surface area (Å²) in [5.41, 5.74) is 1.02. The second kappa shape index (κ2) is 11.8. The molecule has 0 aliphatic carbocycles. The number of nitrogens with zero attached hydrogens (tertiary/aromatic N) is 1. The van der Waals surface area contributed by atoms with Crippen molar-refractivity contribution in [3.05, 3.63) is 108 Å². The predicted molar refractivity (Wildman–Crippen MR) is 152 cm³/mol. The Labute approximate surface area is 241 Å². The first kappa shape index (κ1) is 29.0. The van der Waals surface area contributed by atoms with Crippen molar-refractivity contribution in [2.45, 2.75) is 23.5 Å². The van der Waals surface area contributed by atoms with Crippen molar-refractivity contribution in [1.29, 1.82) is 0 Å². The third-order valence-electron chi connectivity index (χ3n) is 6.89. The molecular formula is C31H27F3N2O5S. The number of hydrogen-bond acceptors (Lipinski definition) is 5. The van der Waals surface area contributed by atoms with Gasteiger partial charge in [0.25, 0.3) is 10.0 Å². The number of rotatable bonds is 9. The van der Waals surface area contributed by atoms with Gasteiger partial charge >= 0.3 is 6.18 Å². The fourth-order valence-corrected chi connectivity index (χ4v) is 6.50. The van der Waals surface area contributed by atoms with Crippen molar-refractivity contribution in [3.63, 3.8) is 0 Å². The summed E-state index contributed by atoms with van der Waals surface area (Å²) >= 11 is 0. The van der Waals surface area contributed by atoms with Gasteiger partial charge in [0.1, 0.15) is 12.6 Å². The number of para-hydroxylation sites is 3. The second-order valence-corrected chi connectivity index (χ2v) is 11.4. The number of carbonyl (C=O) groups excluding carboxylic acids is 1. The van der Waals surface area contributed by atoms with Crippen LogP contribution < -0.4 is 19.1 Å². The Hall–Kier alpha value is -4.51. The van der Waals surface area contributed by atoms with Crippen LogP contribution in [-0.2, 0) is 27.4 Å². The molecule has 0 spiro atoms. The smallest absolute Gasteiger partial charge is 0.416 e. The van der Waals surface area contributed by atoms with E-state index in [1.165, 1.54) is 43.5 Å². The quantitative estimate of drug-likeness (QED) is 0.251. The lowest BCUT2D eigenvalue weighted by molar-refractivity contribution is -0.137. The van der Waals surface area contributed by atoms with E-state index in [-0.39, 0.29) is 24.5 Å². The maximum absolute atomic E-state index is 13.9. The number of ether oxygens (including phenoxy) is 2. The van der Waals surface area contributed by atoms with Crippen molar-refractivity contribution in [3.8, 4) is 22.6 Å². The van der Waals surface area contributed by atoms with Gasteiger partial charge in [0.2, 0.25) is 5.91 Å². The molecule has 5 rings (SSSR count). The van der Waals surface area contributed by atoms with E-state index in [1.54, 1.807) is 48.5 Å². The lowest BCUT2D eigenvalue weighted by Gasteiger charge is -2.26. The highest BCUT2D eigenvalue weighted by atomic mass is 32.2. The first-order chi connectivity index (χ1) is 20.1. The standard InChI is InChI=1S/C31H27F3N2O5S/c1-40-28-11-4-5-12-29(28)41-18-17-35-30(37)27-20-23-7-2-3-10-26(23)36(27)42(38,39)25-15-13-21(14-16-25)22-8-6-9-24(19-22)31(32,33)34/h2-16,19,27H,17-18,20H2,1H3,(H,35,37)/t27-/m0/s1. The van der Waals surface area contributed by atoms with Gasteiger partial charge in [-0.2, -0.15) is 13.2 Å². The van der Waals surface area contributed by atoms with Gasteiger partial charge in [0, 0.05) is 6.42 Å². The van der Waals surface area contributed by atoms with Gasteiger partial charge in [-0.05, 0) is 59.2 Å². The molecule has 0 aromatic heterocycles. The minimum Gasteiger partial charge on any atom is -0.493 e. The van der Waals surface area contributed by atoms with E-state index in [1.807, 2.05) is 0 Å². The van der Waals surface area contributed by atoms with Crippen LogP contribution in [0.4, 0.5) is 18.9 Å². The monoisotopic (exact) mass is 596 g/mol. The number of hydrogen-bond donors (Lipinski definition) is 1. The maximum atomic E-state index is 13.9. The van der Waals surface area contributed by atoms with Gasteiger partial charge in [0.05, 0.1) is 29.8 Å². The minimum absolute atomic E-state index is 0.0905. The number of amides is 1. The molecule has 0 unspecified atom stereocenters. The van der Waals surface area contributed by atoms with E-state index in [0.29, 0.717) is 33.9 Å². The largest absolute Gasteiger partial charge is 0.493 e. The van der Waals surface area contributed by atoms with Crippen LogP contribution in [0.5, 0.6) is 11.5 Å². The molecule has 7 nitrogen and oxygen atoms in total. The summed E-state index contributed by atoms with van der Waals surface area (Å²) in [5.74, 6) is 0.575. The molecule has 218 valence electrons. The minimum atomic E-state index is -4.50. The number of methoxy groups -OCH3 is 1. The van der Waals surface area contributed by atoms with Gasteiger partial charge in [-0.1, -0.05) is 54.6 Å². The molecule has 0 saturated carbocycles. The zero-order valence-electron chi connectivity index (χ0n) is 22.5. The van der Waals surface area contributed by atoms with E-state index in [0.717, 1.165) is 16.4 Å². The number of halogens is 3. The van der Waals surface area contributed by atoms with Crippen LogP contribution in [-0.4, -0.2) is 40.6 Å². The lowest BCUT2D eigenvalue weighted by atomic mass is 10.0. The molecule has 11 heteroatoms. The topological polar surface area (TPSA) is 84.9 Å². The average molecular weight is 597 g/mol. The van der Waals surface area contributed by atoms with E-state index in [4.69, 9.17) is 9.47 Å². The van der Waals surface area contributed by atoms with Crippen LogP contribution in [0.1, 0.15) is 11.1 Å². The number of sulfonamides is 1. The Morgan fingerprint density at radius 2 is 1.60 bits per heavy atom. The lowest BCUT2D eigenvalue weighted by Crippen LogP contribution is -2.48. The van der Waals surface area contributed by atoms with Crippen LogP contribution in [0.15, 0.2) is 102 Å². The highest BCUT2D eigenvalue weighted by Gasteiger charge is 2.42. The molecule has 4 aromatic carbocycles. The second-order valence-electron chi connectivity index (χ2n) is 9.54. The van der Waals surface area contributed by atoms with Crippen molar-refractivity contribution in [2.24, 2.45) is 0 Å². The Morgan fingerprint density at radius 3 is 2.31 bits per heavy atom. The number of fused-ring (bicyclic) bond motifs is 1. The van der Waals surface area contributed by atoms with Crippen molar-refractivity contribution >= 4 is 21.6 Å². The number of alkyl halides is 3. The fraction of sp³-hybridized carbons (Fsp3) is 0.194. The van der Waals surface area contributed by atoms with E-state index in [2.05, 4.69) is 5.32 Å². The van der Waals surface area contributed by atoms with Crippen LogP contribution in [0.25, 0.3) is 11.1 Å². The third kappa shape index (κ3) is 5.91. The molecule has 0 saturated heterocycles. The average Bonchev–Trinajstić information content (AvgIpc) is 3.40. The summed E-state index contributed by atoms with van der Waals surface area (Å²) in [5, 5.41) is 2.77. The Morgan fingerprint density at radius 1 is 0.905 bits per heavy atom. The molecular weight excluding hydrogens is 569 g/mol. The fourth-order valence-electron chi connectivity index (χ4n) is 4.85. The van der Waals surface area contributed by atoms with E-state index >= 15 is 0 Å². The molecule has 1 atom stereocenters. The van der Waals surface area contributed by atoms with Crippen LogP contribution in [0.2, 0.25) is 0 Å². The van der Waals surface area contributed by atoms with Crippen molar-refractivity contribution < 1.29 is 35.9 Å². The summed E-state index contributed by atoms with van der Waals surface area (Å²) in [6, 6.07) is 23.3. The Kier molecular flexibility index (Phi) is 8.13. The highest BCUT2D eigenvalue weighted by Crippen LogP contribution is 2.38. The van der Waals surface area contributed by atoms with Gasteiger partial charge in [-0.15, -0.1) is 0 Å². The molecule has 1 aliphatic rings. The Balaban J connectivity index is 1.34. The predicted octanol–water partition coefficient (Wildman–Crippen LogP) is 5.70. The number of anilines is 1. The molecule has 0 radical (unpaired) electrons. The van der Waals surface area contributed by atoms with E-state index in [9.17, 15) is 26.4 Å². The molecule has 1 aliphatic heterocycles. The number of nitrogens with one attached hydrogen (secondary N) is 1. The van der Waals surface area contributed by atoms with Crippen molar-refractivity contribution in [2.75, 3.05) is 24.6 Å². The van der Waals surface area contributed by atoms with Gasteiger partial charge in [-0.3, -0.25) is 9.10 Å². The normalized spacial score (nSPS) is 14.8. The summed E-state index contributed by atoms with van der Waals surface area (Å²) in [6.07, 6.45) is -4.32. The summed E-state index contributed by atoms with van der Waals surface area (Å²) in [6.45, 7) is 0.263. The molecule has 0 fully saturated rings. The zero-order chi connectivity index (χ0) is 29.9. The summed E-state index contributed by atoms with van der Waals surface area (Å²) in [4.78, 5) is 13.2. The molecule has 1 amide bonds. The first-order valence-electron chi connectivity index (χ1n) is 13.0. The van der Waals surface area contributed by atoms with Crippen LogP contribution in [0, 0.1) is 0 Å². The van der Waals surface area contributed by atoms with Gasteiger partial charge < -0.3 is 14.8 Å². The van der Waals surface area contributed by atoms with Crippen molar-refractivity contribution in [1.82, 2.24) is 5.32 Å². The molecule has 42 heavy (non-hydrogen) atoms. The van der Waals surface area contributed by atoms with E-state index < -0.39 is 33.7 Å². The summed E-state index contributed by atoms with van der Waals surface area (Å²) in [7, 11) is -2.69. The number of carbonyl (C=O) groups is 1. The zero-order valence-corrected chi connectivity index (χ0v) is 23.3. The van der Waals surface area contributed by atoms with Crippen LogP contribution in [0.3, 0.4) is 0 Å². The van der Waals surface area contributed by atoms with Gasteiger partial charge in [0.15, 0.2) is 11.5 Å². The maximum Gasteiger partial charge on any atom is 0.416 e. The SMILES string of the molecule is COc1ccccc1OCCNC(=O)[C@@H]1Cc2ccccc2N1S(=O)(=O)c1ccc(-c2cccc(C(F)(F)F)c2)cc1. The van der Waals surface area contributed by atoms with Crippen LogP contribution >= 0.6 is 0 Å². The third-order valence-corrected chi connectivity index (χ3v) is 8.73. The molecule has 1 N–H and O–H groups in total. The molecule has 0 bridgehead atoms. The molecule has 1 heterocycles. The molecule has 4 aromatic rings. The highest BCUT2D eigenvalue weighted by molar-refractivity contribution is 7.93. The van der Waals surface area contributed by atoms with Gasteiger partial charge in [-0.25, -0.2) is 8.42 Å². The Bertz CT molecular complexity index is 1690.